The molecule has 4 N–H and O–H groups in total. The van der Waals surface area contributed by atoms with Crippen LogP contribution in [0.15, 0.2) is 54.6 Å². The fraction of sp³-hybridized carbons (Fsp3) is 0.250. The van der Waals surface area contributed by atoms with E-state index in [9.17, 15) is 24.6 Å². The number of carboxylic acid groups (broad SMARTS) is 1. The highest BCUT2D eigenvalue weighted by Crippen LogP contribution is 2.12. The molecule has 2 rings (SSSR count). The average Bonchev–Trinajstić information content (AvgIpc) is 2.62. The molecule has 0 saturated carbocycles. The van der Waals surface area contributed by atoms with Crippen molar-refractivity contribution in [2.24, 2.45) is 0 Å². The van der Waals surface area contributed by atoms with Crippen LogP contribution in [0.4, 0.5) is 0 Å². The van der Waals surface area contributed by atoms with Gasteiger partial charge >= 0.3 is 5.97 Å². The number of hydrogen-bond donors (Lipinski definition) is 4. The van der Waals surface area contributed by atoms with Crippen molar-refractivity contribution in [2.75, 3.05) is 0 Å². The van der Waals surface area contributed by atoms with Crippen LogP contribution in [0.2, 0.25) is 0 Å². The van der Waals surface area contributed by atoms with Crippen molar-refractivity contribution < 1.29 is 24.6 Å². The number of carbonyl (C=O) groups excluding carboxylic acids is 2. The molecule has 0 aliphatic carbocycles. The van der Waals surface area contributed by atoms with Gasteiger partial charge in [-0.05, 0) is 23.3 Å². The summed E-state index contributed by atoms with van der Waals surface area (Å²) in [5.74, 6) is -2.06. The minimum atomic E-state index is -1.18. The summed E-state index contributed by atoms with van der Waals surface area (Å²) in [6.45, 7) is 1.30. The third-order valence-electron chi connectivity index (χ3n) is 3.97. The smallest absolute Gasteiger partial charge is 0.326 e. The number of aromatic hydroxyl groups is 1. The van der Waals surface area contributed by atoms with Gasteiger partial charge in [0.15, 0.2) is 0 Å². The van der Waals surface area contributed by atoms with Crippen LogP contribution in [0.25, 0.3) is 0 Å². The fourth-order valence-electron chi connectivity index (χ4n) is 2.64. The maximum absolute atomic E-state index is 12.6. The number of rotatable bonds is 8. The van der Waals surface area contributed by atoms with E-state index in [0.29, 0.717) is 5.56 Å². The van der Waals surface area contributed by atoms with Crippen molar-refractivity contribution in [3.8, 4) is 5.75 Å². The molecule has 2 amide bonds. The second-order valence-electron chi connectivity index (χ2n) is 6.21. The zero-order valence-corrected chi connectivity index (χ0v) is 14.9. The molecule has 7 heteroatoms. The van der Waals surface area contributed by atoms with E-state index in [2.05, 4.69) is 10.6 Å². The van der Waals surface area contributed by atoms with Gasteiger partial charge in [-0.25, -0.2) is 4.79 Å². The maximum Gasteiger partial charge on any atom is 0.326 e. The molecular weight excluding hydrogens is 348 g/mol. The van der Waals surface area contributed by atoms with Crippen molar-refractivity contribution >= 4 is 17.8 Å². The van der Waals surface area contributed by atoms with Crippen molar-refractivity contribution in [3.63, 3.8) is 0 Å². The van der Waals surface area contributed by atoms with Crippen LogP contribution < -0.4 is 10.6 Å². The summed E-state index contributed by atoms with van der Waals surface area (Å²) in [6, 6.07) is 13.2. The zero-order chi connectivity index (χ0) is 19.8. The van der Waals surface area contributed by atoms with Crippen molar-refractivity contribution in [3.05, 3.63) is 65.7 Å². The third kappa shape index (κ3) is 6.47. The molecule has 0 heterocycles. The largest absolute Gasteiger partial charge is 0.508 e. The molecule has 2 aromatic rings. The number of carbonyl (C=O) groups is 3. The van der Waals surface area contributed by atoms with E-state index in [1.807, 2.05) is 30.3 Å². The van der Waals surface area contributed by atoms with Crippen molar-refractivity contribution in [1.82, 2.24) is 10.6 Å². The molecule has 7 nitrogen and oxygen atoms in total. The molecule has 2 unspecified atom stereocenters. The van der Waals surface area contributed by atoms with Crippen LogP contribution in [-0.4, -0.2) is 40.1 Å². The lowest BCUT2D eigenvalue weighted by Gasteiger charge is -2.21. The van der Waals surface area contributed by atoms with Crippen LogP contribution in [-0.2, 0) is 27.2 Å². The summed E-state index contributed by atoms with van der Waals surface area (Å²) in [6.07, 6.45) is 0.303. The lowest BCUT2D eigenvalue weighted by atomic mass is 10.0. The minimum Gasteiger partial charge on any atom is -0.508 e. The first-order valence-electron chi connectivity index (χ1n) is 8.47. The first-order valence-corrected chi connectivity index (χ1v) is 8.47. The van der Waals surface area contributed by atoms with E-state index in [4.69, 9.17) is 0 Å². The zero-order valence-electron chi connectivity index (χ0n) is 14.9. The number of benzene rings is 2. The van der Waals surface area contributed by atoms with E-state index < -0.39 is 24.0 Å². The molecule has 0 aliphatic heterocycles. The van der Waals surface area contributed by atoms with Crippen LogP contribution in [0.1, 0.15) is 18.1 Å². The fourth-order valence-corrected chi connectivity index (χ4v) is 2.64. The molecular formula is C20H22N2O5. The standard InChI is InChI=1S/C20H22N2O5/c1-13(23)21-17(11-14-5-3-2-4-6-14)19(25)22-18(20(26)27)12-15-7-9-16(24)10-8-15/h2-10,17-18,24H,11-12H2,1H3,(H,21,23)(H,22,25)(H,26,27). The van der Waals surface area contributed by atoms with Gasteiger partial charge in [-0.2, -0.15) is 0 Å². The Balaban J connectivity index is 2.10. The highest BCUT2D eigenvalue weighted by Gasteiger charge is 2.26. The van der Waals surface area contributed by atoms with Gasteiger partial charge in [0.25, 0.3) is 0 Å². The summed E-state index contributed by atoms with van der Waals surface area (Å²) >= 11 is 0. The average molecular weight is 370 g/mol. The second-order valence-corrected chi connectivity index (χ2v) is 6.21. The SMILES string of the molecule is CC(=O)NC(Cc1ccccc1)C(=O)NC(Cc1ccc(O)cc1)C(=O)O. The molecule has 0 aromatic heterocycles. The van der Waals surface area contributed by atoms with Crippen LogP contribution in [0, 0.1) is 0 Å². The van der Waals surface area contributed by atoms with E-state index in [0.717, 1.165) is 5.56 Å². The first-order chi connectivity index (χ1) is 12.8. The monoisotopic (exact) mass is 370 g/mol. The molecule has 0 aliphatic rings. The quantitative estimate of drug-likeness (QED) is 0.558. The van der Waals surface area contributed by atoms with Gasteiger partial charge in [-0.15, -0.1) is 0 Å². The summed E-state index contributed by atoms with van der Waals surface area (Å²) in [7, 11) is 0. The van der Waals surface area contributed by atoms with Crippen molar-refractivity contribution in [2.45, 2.75) is 31.8 Å². The molecule has 0 spiro atoms. The number of nitrogens with one attached hydrogen (secondary N) is 2. The Labute approximate surface area is 157 Å². The molecule has 27 heavy (non-hydrogen) atoms. The van der Waals surface area contributed by atoms with Gasteiger partial charge < -0.3 is 20.8 Å². The second kappa shape index (κ2) is 9.38. The Bertz CT molecular complexity index is 790. The number of amides is 2. The lowest BCUT2D eigenvalue weighted by Crippen LogP contribution is -2.52. The van der Waals surface area contributed by atoms with E-state index >= 15 is 0 Å². The topological polar surface area (TPSA) is 116 Å². The van der Waals surface area contributed by atoms with Gasteiger partial charge in [0.2, 0.25) is 11.8 Å². The third-order valence-corrected chi connectivity index (χ3v) is 3.97. The van der Waals surface area contributed by atoms with E-state index in [1.165, 1.54) is 19.1 Å². The summed E-state index contributed by atoms with van der Waals surface area (Å²) in [4.78, 5) is 35.6. The number of aliphatic carboxylic acids is 1. The summed E-state index contributed by atoms with van der Waals surface area (Å²) in [5.41, 5.74) is 1.50. The molecule has 0 radical (unpaired) electrons. The first kappa shape index (κ1) is 20.0. The molecule has 2 atom stereocenters. The van der Waals surface area contributed by atoms with E-state index in [-0.39, 0.29) is 24.5 Å². The van der Waals surface area contributed by atoms with Gasteiger partial charge in [0.05, 0.1) is 0 Å². The van der Waals surface area contributed by atoms with Crippen molar-refractivity contribution in [1.29, 1.82) is 0 Å². The Morgan fingerprint density at radius 3 is 1.96 bits per heavy atom. The molecule has 0 saturated heterocycles. The molecule has 142 valence electrons. The normalized spacial score (nSPS) is 12.6. The van der Waals surface area contributed by atoms with Gasteiger partial charge in [0, 0.05) is 19.8 Å². The Kier molecular flexibility index (Phi) is 6.93. The number of carboxylic acids is 1. The van der Waals surface area contributed by atoms with Crippen LogP contribution in [0.3, 0.4) is 0 Å². The van der Waals surface area contributed by atoms with Crippen LogP contribution >= 0.6 is 0 Å². The predicted molar refractivity (Wildman–Crippen MR) is 99.1 cm³/mol. The van der Waals surface area contributed by atoms with Gasteiger partial charge in [-0.3, -0.25) is 9.59 Å². The predicted octanol–water partition coefficient (Wildman–Crippen LogP) is 1.25. The minimum absolute atomic E-state index is 0.0550. The van der Waals surface area contributed by atoms with Gasteiger partial charge in [-0.1, -0.05) is 42.5 Å². The number of hydrogen-bond acceptors (Lipinski definition) is 4. The van der Waals surface area contributed by atoms with Crippen LogP contribution in [0.5, 0.6) is 5.75 Å². The van der Waals surface area contributed by atoms with E-state index in [1.54, 1.807) is 12.1 Å². The maximum atomic E-state index is 12.6. The Hall–Kier alpha value is -3.35. The Morgan fingerprint density at radius 1 is 0.852 bits per heavy atom. The number of phenols is 1. The molecule has 2 aromatic carbocycles. The molecule has 0 fully saturated rings. The highest BCUT2D eigenvalue weighted by molar-refractivity contribution is 5.90. The summed E-state index contributed by atoms with van der Waals surface area (Å²) < 4.78 is 0. The van der Waals surface area contributed by atoms with Gasteiger partial charge in [0.1, 0.15) is 17.8 Å². The Morgan fingerprint density at radius 2 is 1.41 bits per heavy atom. The highest BCUT2D eigenvalue weighted by atomic mass is 16.4. The lowest BCUT2D eigenvalue weighted by molar-refractivity contribution is -0.142. The molecule has 0 bridgehead atoms. The summed E-state index contributed by atoms with van der Waals surface area (Å²) in [5, 5.41) is 23.8. The number of phenolic OH excluding ortho intramolecular Hbond substituents is 1.